The van der Waals surface area contributed by atoms with Gasteiger partial charge in [0.25, 0.3) is 0 Å². The van der Waals surface area contributed by atoms with Gasteiger partial charge in [0.2, 0.25) is 0 Å². The van der Waals surface area contributed by atoms with Gasteiger partial charge in [-0.2, -0.15) is 0 Å². The van der Waals surface area contributed by atoms with Crippen LogP contribution in [0.15, 0.2) is 18.2 Å². The number of unbranched alkanes of at least 4 members (excludes halogenated alkanes) is 1. The summed E-state index contributed by atoms with van der Waals surface area (Å²) in [5, 5.41) is 0. The molecule has 0 bridgehead atoms. The van der Waals surface area contributed by atoms with Crippen molar-refractivity contribution in [2.24, 2.45) is 0 Å². The van der Waals surface area contributed by atoms with Crippen molar-refractivity contribution < 1.29 is 14.3 Å². The summed E-state index contributed by atoms with van der Waals surface area (Å²) in [6.07, 6.45) is 2.01. The van der Waals surface area contributed by atoms with Gasteiger partial charge >= 0.3 is 5.97 Å². The molecule has 0 radical (unpaired) electrons. The fourth-order valence-corrected chi connectivity index (χ4v) is 1.33. The molecule has 1 rings (SSSR count). The highest BCUT2D eigenvalue weighted by atomic mass is 16.5. The number of carbonyl (C=O) groups is 1. The average molecular weight is 237 g/mol. The van der Waals surface area contributed by atoms with Gasteiger partial charge in [0.15, 0.2) is 0 Å². The molecule has 1 aromatic rings. The van der Waals surface area contributed by atoms with Gasteiger partial charge in [0, 0.05) is 0 Å². The summed E-state index contributed by atoms with van der Waals surface area (Å²) in [5.41, 5.74) is 6.77. The highest BCUT2D eigenvalue weighted by Crippen LogP contribution is 2.23. The largest absolute Gasteiger partial charge is 0.491 e. The standard InChI is InChI=1S/C13H19NO3/c1-3-5-8-17-12-9-10(6-7-11(12)14)13(15)16-4-2/h6-7,9H,3-5,8,14H2,1-2H3. The molecule has 0 aliphatic carbocycles. The third kappa shape index (κ3) is 3.98. The number of benzene rings is 1. The molecule has 0 atom stereocenters. The van der Waals surface area contributed by atoms with Gasteiger partial charge in [0.1, 0.15) is 5.75 Å². The molecule has 0 spiro atoms. The number of ether oxygens (including phenoxy) is 2. The zero-order valence-corrected chi connectivity index (χ0v) is 10.4. The summed E-state index contributed by atoms with van der Waals surface area (Å²) in [5.74, 6) is 0.192. The van der Waals surface area contributed by atoms with E-state index < -0.39 is 0 Å². The van der Waals surface area contributed by atoms with Crippen molar-refractivity contribution in [2.45, 2.75) is 26.7 Å². The molecule has 0 saturated heterocycles. The van der Waals surface area contributed by atoms with Crippen LogP contribution in [0.2, 0.25) is 0 Å². The lowest BCUT2D eigenvalue weighted by molar-refractivity contribution is 0.0526. The van der Waals surface area contributed by atoms with Gasteiger partial charge in [-0.1, -0.05) is 13.3 Å². The third-order valence-electron chi connectivity index (χ3n) is 2.28. The van der Waals surface area contributed by atoms with Crippen molar-refractivity contribution in [3.8, 4) is 5.75 Å². The molecule has 1 aromatic carbocycles. The van der Waals surface area contributed by atoms with Crippen molar-refractivity contribution in [1.29, 1.82) is 0 Å². The predicted molar refractivity (Wildman–Crippen MR) is 67.2 cm³/mol. The maximum absolute atomic E-state index is 11.5. The zero-order chi connectivity index (χ0) is 12.7. The summed E-state index contributed by atoms with van der Waals surface area (Å²) in [4.78, 5) is 11.5. The minimum absolute atomic E-state index is 0.354. The Kier molecular flexibility index (Phi) is 5.33. The highest BCUT2D eigenvalue weighted by molar-refractivity contribution is 5.90. The van der Waals surface area contributed by atoms with E-state index in [1.54, 1.807) is 25.1 Å². The molecule has 0 amide bonds. The molecule has 2 N–H and O–H groups in total. The van der Waals surface area contributed by atoms with Crippen molar-refractivity contribution in [2.75, 3.05) is 18.9 Å². The molecule has 17 heavy (non-hydrogen) atoms. The molecule has 0 aromatic heterocycles. The second-order valence-electron chi connectivity index (χ2n) is 3.68. The van der Waals surface area contributed by atoms with E-state index in [2.05, 4.69) is 6.92 Å². The van der Waals surface area contributed by atoms with E-state index in [0.717, 1.165) is 12.8 Å². The normalized spacial score (nSPS) is 10.0. The van der Waals surface area contributed by atoms with E-state index in [1.807, 2.05) is 0 Å². The van der Waals surface area contributed by atoms with Crippen LogP contribution < -0.4 is 10.5 Å². The Labute approximate surface area is 102 Å². The molecule has 0 saturated carbocycles. The first-order valence-corrected chi connectivity index (χ1v) is 5.88. The lowest BCUT2D eigenvalue weighted by Gasteiger charge is -2.10. The molecule has 4 nitrogen and oxygen atoms in total. The Balaban J connectivity index is 2.75. The van der Waals surface area contributed by atoms with Gasteiger partial charge < -0.3 is 15.2 Å². The van der Waals surface area contributed by atoms with Crippen molar-refractivity contribution >= 4 is 11.7 Å². The average Bonchev–Trinajstić information content (AvgIpc) is 2.32. The van der Waals surface area contributed by atoms with Crippen LogP contribution in [0.25, 0.3) is 0 Å². The Morgan fingerprint density at radius 3 is 2.76 bits per heavy atom. The second kappa shape index (κ2) is 6.78. The van der Waals surface area contributed by atoms with E-state index in [-0.39, 0.29) is 5.97 Å². The van der Waals surface area contributed by atoms with E-state index in [0.29, 0.717) is 30.2 Å². The summed E-state index contributed by atoms with van der Waals surface area (Å²) in [7, 11) is 0. The van der Waals surface area contributed by atoms with E-state index in [4.69, 9.17) is 15.2 Å². The lowest BCUT2D eigenvalue weighted by atomic mass is 10.2. The molecule has 4 heteroatoms. The van der Waals surface area contributed by atoms with Crippen molar-refractivity contribution in [3.05, 3.63) is 23.8 Å². The molecule has 0 unspecified atom stereocenters. The number of nitrogens with two attached hydrogens (primary N) is 1. The van der Waals surface area contributed by atoms with Crippen LogP contribution in [0.5, 0.6) is 5.75 Å². The minimum atomic E-state index is -0.354. The Morgan fingerprint density at radius 2 is 2.12 bits per heavy atom. The molecular formula is C13H19NO3. The number of carbonyl (C=O) groups excluding carboxylic acids is 1. The first-order chi connectivity index (χ1) is 8.19. The van der Waals surface area contributed by atoms with E-state index in [9.17, 15) is 4.79 Å². The van der Waals surface area contributed by atoms with Crippen LogP contribution in [-0.4, -0.2) is 19.2 Å². The quantitative estimate of drug-likeness (QED) is 0.469. The van der Waals surface area contributed by atoms with Crippen LogP contribution in [0.4, 0.5) is 5.69 Å². The van der Waals surface area contributed by atoms with E-state index in [1.165, 1.54) is 0 Å². The molecule has 94 valence electrons. The monoisotopic (exact) mass is 237 g/mol. The van der Waals surface area contributed by atoms with Crippen LogP contribution >= 0.6 is 0 Å². The summed E-state index contributed by atoms with van der Waals surface area (Å²) >= 11 is 0. The minimum Gasteiger partial charge on any atom is -0.491 e. The first-order valence-electron chi connectivity index (χ1n) is 5.88. The van der Waals surface area contributed by atoms with Crippen molar-refractivity contribution in [3.63, 3.8) is 0 Å². The molecule has 0 fully saturated rings. The molecular weight excluding hydrogens is 218 g/mol. The number of rotatable bonds is 6. The predicted octanol–water partition coefficient (Wildman–Crippen LogP) is 2.62. The van der Waals surface area contributed by atoms with Gasteiger partial charge in [-0.3, -0.25) is 0 Å². The zero-order valence-electron chi connectivity index (χ0n) is 10.4. The summed E-state index contributed by atoms with van der Waals surface area (Å²) < 4.78 is 10.4. The number of nitrogen functional groups attached to an aromatic ring is 1. The van der Waals surface area contributed by atoms with Crippen LogP contribution in [0.3, 0.4) is 0 Å². The summed E-state index contributed by atoms with van der Waals surface area (Å²) in [6.45, 7) is 4.82. The second-order valence-corrected chi connectivity index (χ2v) is 3.68. The number of hydrogen-bond acceptors (Lipinski definition) is 4. The Hall–Kier alpha value is -1.71. The maximum Gasteiger partial charge on any atom is 0.338 e. The fourth-order valence-electron chi connectivity index (χ4n) is 1.33. The molecule has 0 heterocycles. The summed E-state index contributed by atoms with van der Waals surface area (Å²) in [6, 6.07) is 4.93. The van der Waals surface area contributed by atoms with Gasteiger partial charge in [-0.05, 0) is 31.5 Å². The fraction of sp³-hybridized carbons (Fsp3) is 0.462. The van der Waals surface area contributed by atoms with E-state index >= 15 is 0 Å². The van der Waals surface area contributed by atoms with Crippen LogP contribution in [0, 0.1) is 0 Å². The van der Waals surface area contributed by atoms with Gasteiger partial charge in [0.05, 0.1) is 24.5 Å². The smallest absolute Gasteiger partial charge is 0.338 e. The number of anilines is 1. The lowest BCUT2D eigenvalue weighted by Crippen LogP contribution is -2.06. The maximum atomic E-state index is 11.5. The van der Waals surface area contributed by atoms with Crippen LogP contribution in [-0.2, 0) is 4.74 Å². The highest BCUT2D eigenvalue weighted by Gasteiger charge is 2.09. The van der Waals surface area contributed by atoms with Crippen molar-refractivity contribution in [1.82, 2.24) is 0 Å². The third-order valence-corrected chi connectivity index (χ3v) is 2.28. The van der Waals surface area contributed by atoms with Gasteiger partial charge in [-0.25, -0.2) is 4.79 Å². The Morgan fingerprint density at radius 1 is 1.35 bits per heavy atom. The topological polar surface area (TPSA) is 61.5 Å². The molecule has 0 aliphatic rings. The Bertz CT molecular complexity index is 377. The SMILES string of the molecule is CCCCOc1cc(C(=O)OCC)ccc1N. The van der Waals surface area contributed by atoms with Crippen LogP contribution in [0.1, 0.15) is 37.0 Å². The van der Waals surface area contributed by atoms with Gasteiger partial charge in [-0.15, -0.1) is 0 Å². The molecule has 0 aliphatic heterocycles. The number of hydrogen-bond donors (Lipinski definition) is 1. The first kappa shape index (κ1) is 13.4. The number of esters is 1.